The Morgan fingerprint density at radius 2 is 1.59 bits per heavy atom. The van der Waals surface area contributed by atoms with Gasteiger partial charge in [0.1, 0.15) is 0 Å². The summed E-state index contributed by atoms with van der Waals surface area (Å²) in [5.74, 6) is 0.671. The van der Waals surface area contributed by atoms with E-state index in [9.17, 15) is 8.42 Å². The molecule has 0 aliphatic rings. The predicted octanol–water partition coefficient (Wildman–Crippen LogP) is 2.59. The topological polar surface area (TPSA) is 46.2 Å². The molecule has 0 radical (unpaired) electrons. The Kier molecular flexibility index (Phi) is 6.47. The molecule has 0 amide bonds. The molecule has 0 aromatic carbocycles. The van der Waals surface area contributed by atoms with E-state index in [0.717, 1.165) is 12.8 Å². The van der Waals surface area contributed by atoms with E-state index in [1.807, 2.05) is 0 Å². The van der Waals surface area contributed by atoms with Crippen LogP contribution in [0.2, 0.25) is 0 Å². The summed E-state index contributed by atoms with van der Waals surface area (Å²) in [5, 5.41) is 3.30. The molecular weight excluding hydrogens is 258 g/mol. The van der Waals surface area contributed by atoms with Crippen molar-refractivity contribution in [3.05, 3.63) is 0 Å². The third-order valence-corrected chi connectivity index (χ3v) is 6.53. The zero-order valence-corrected chi connectivity index (χ0v) is 13.2. The van der Waals surface area contributed by atoms with E-state index >= 15 is 0 Å². The van der Waals surface area contributed by atoms with Crippen LogP contribution in [0.15, 0.2) is 0 Å². The van der Waals surface area contributed by atoms with E-state index in [1.165, 1.54) is 0 Å². The van der Waals surface area contributed by atoms with E-state index in [-0.39, 0.29) is 11.3 Å². The highest BCUT2D eigenvalue weighted by Crippen LogP contribution is 2.18. The maximum atomic E-state index is 11.9. The van der Waals surface area contributed by atoms with Crippen molar-refractivity contribution in [3.8, 4) is 0 Å². The van der Waals surface area contributed by atoms with E-state index in [0.29, 0.717) is 12.4 Å². The van der Waals surface area contributed by atoms with E-state index in [2.05, 4.69) is 19.2 Å². The summed E-state index contributed by atoms with van der Waals surface area (Å²) in [6.07, 6.45) is 1.81. The third-order valence-electron chi connectivity index (χ3n) is 3.41. The van der Waals surface area contributed by atoms with Crippen molar-refractivity contribution in [3.63, 3.8) is 0 Å². The summed E-state index contributed by atoms with van der Waals surface area (Å²) in [7, 11) is -3.05. The molecule has 3 nitrogen and oxygen atoms in total. The van der Waals surface area contributed by atoms with Gasteiger partial charge in [0.15, 0.2) is 9.84 Å². The van der Waals surface area contributed by atoms with E-state index < -0.39 is 14.6 Å². The van der Waals surface area contributed by atoms with Crippen LogP contribution in [-0.2, 0) is 9.84 Å². The Hall–Kier alpha value is 0.200. The van der Waals surface area contributed by atoms with Crippen molar-refractivity contribution in [1.29, 1.82) is 0 Å². The zero-order chi connectivity index (χ0) is 13.7. The second kappa shape index (κ2) is 6.39. The Balaban J connectivity index is 4.43. The number of hydrogen-bond acceptors (Lipinski definition) is 3. The Morgan fingerprint density at radius 3 is 1.88 bits per heavy atom. The van der Waals surface area contributed by atoms with Crippen molar-refractivity contribution >= 4 is 21.4 Å². The van der Waals surface area contributed by atoms with Crippen LogP contribution in [0.4, 0.5) is 0 Å². The van der Waals surface area contributed by atoms with Crippen molar-refractivity contribution in [2.75, 3.05) is 18.2 Å². The van der Waals surface area contributed by atoms with Crippen molar-refractivity contribution in [1.82, 2.24) is 5.32 Å². The molecule has 0 fully saturated rings. The van der Waals surface area contributed by atoms with Crippen LogP contribution in [0.1, 0.15) is 47.5 Å². The summed E-state index contributed by atoms with van der Waals surface area (Å²) >= 11 is 5.95. The van der Waals surface area contributed by atoms with Gasteiger partial charge in [-0.25, -0.2) is 8.42 Å². The molecule has 0 atom stereocenters. The highest BCUT2D eigenvalue weighted by molar-refractivity contribution is 7.92. The molecule has 104 valence electrons. The van der Waals surface area contributed by atoms with Crippen LogP contribution >= 0.6 is 11.6 Å². The number of rotatable bonds is 7. The number of halogens is 1. The molecule has 1 N–H and O–H groups in total. The predicted molar refractivity (Wildman–Crippen MR) is 75.6 cm³/mol. The molecule has 0 aromatic rings. The average molecular weight is 284 g/mol. The number of hydrogen-bond donors (Lipinski definition) is 1. The van der Waals surface area contributed by atoms with Gasteiger partial charge in [0.25, 0.3) is 0 Å². The second-order valence-electron chi connectivity index (χ2n) is 5.48. The van der Waals surface area contributed by atoms with E-state index in [4.69, 9.17) is 11.6 Å². The Bertz CT molecular complexity index is 308. The maximum Gasteiger partial charge on any atom is 0.156 e. The molecule has 0 heterocycles. The molecule has 0 saturated heterocycles. The number of alkyl halides is 1. The molecule has 0 unspecified atom stereocenters. The van der Waals surface area contributed by atoms with Gasteiger partial charge in [-0.15, -0.1) is 11.6 Å². The minimum atomic E-state index is -3.05. The van der Waals surface area contributed by atoms with Crippen LogP contribution in [0.5, 0.6) is 0 Å². The lowest BCUT2D eigenvalue weighted by atomic mass is 9.95. The fourth-order valence-electron chi connectivity index (χ4n) is 1.49. The lowest BCUT2D eigenvalue weighted by molar-refractivity contribution is 0.345. The van der Waals surface area contributed by atoms with E-state index in [1.54, 1.807) is 20.8 Å². The highest BCUT2D eigenvalue weighted by atomic mass is 35.5. The van der Waals surface area contributed by atoms with Crippen LogP contribution < -0.4 is 5.32 Å². The Labute approximate surface area is 111 Å². The molecule has 0 rings (SSSR count). The number of nitrogens with one attached hydrogen (secondary N) is 1. The highest BCUT2D eigenvalue weighted by Gasteiger charge is 2.30. The van der Waals surface area contributed by atoms with Gasteiger partial charge >= 0.3 is 0 Å². The average Bonchev–Trinajstić information content (AvgIpc) is 2.23. The largest absolute Gasteiger partial charge is 0.309 e. The first-order valence-electron chi connectivity index (χ1n) is 6.17. The molecule has 0 aliphatic carbocycles. The lowest BCUT2D eigenvalue weighted by Gasteiger charge is -2.31. The smallest absolute Gasteiger partial charge is 0.156 e. The fourth-order valence-corrected chi connectivity index (χ4v) is 2.95. The third kappa shape index (κ3) is 4.76. The van der Waals surface area contributed by atoms with Crippen molar-refractivity contribution in [2.45, 2.75) is 57.7 Å². The van der Waals surface area contributed by atoms with Gasteiger partial charge in [-0.05, 0) is 33.6 Å². The first-order valence-corrected chi connectivity index (χ1v) is 8.36. The molecular formula is C12H26ClNO2S. The van der Waals surface area contributed by atoms with Crippen LogP contribution in [0, 0.1) is 0 Å². The van der Waals surface area contributed by atoms with Crippen LogP contribution in [-0.4, -0.2) is 36.9 Å². The van der Waals surface area contributed by atoms with Crippen molar-refractivity contribution in [2.24, 2.45) is 0 Å². The van der Waals surface area contributed by atoms with Gasteiger partial charge in [-0.1, -0.05) is 13.8 Å². The minimum Gasteiger partial charge on any atom is -0.309 e. The van der Waals surface area contributed by atoms with Gasteiger partial charge in [0.2, 0.25) is 0 Å². The summed E-state index contributed by atoms with van der Waals surface area (Å²) in [6.45, 7) is 9.80. The molecule has 17 heavy (non-hydrogen) atoms. The quantitative estimate of drug-likeness (QED) is 0.731. The van der Waals surface area contributed by atoms with Crippen LogP contribution in [0.25, 0.3) is 0 Å². The minimum absolute atomic E-state index is 0.130. The van der Waals surface area contributed by atoms with Gasteiger partial charge in [-0.2, -0.15) is 0 Å². The summed E-state index contributed by atoms with van der Waals surface area (Å²) in [4.78, 5) is 0. The van der Waals surface area contributed by atoms with Crippen LogP contribution in [0.3, 0.4) is 0 Å². The SMILES string of the molecule is CCC(CC)(CCl)NCCS(=O)(=O)C(C)(C)C. The van der Waals surface area contributed by atoms with Crippen molar-refractivity contribution < 1.29 is 8.42 Å². The second-order valence-corrected chi connectivity index (χ2v) is 8.61. The molecule has 0 saturated carbocycles. The lowest BCUT2D eigenvalue weighted by Crippen LogP contribution is -2.48. The molecule has 0 spiro atoms. The molecule has 0 bridgehead atoms. The molecule has 5 heteroatoms. The van der Waals surface area contributed by atoms with Gasteiger partial charge < -0.3 is 5.32 Å². The standard InChI is InChI=1S/C12H26ClNO2S/c1-6-12(7-2,10-13)14-8-9-17(15,16)11(3,4)5/h14H,6-10H2,1-5H3. The monoisotopic (exact) mass is 283 g/mol. The molecule has 0 aliphatic heterocycles. The fraction of sp³-hybridized carbons (Fsp3) is 1.00. The Morgan fingerprint density at radius 1 is 1.12 bits per heavy atom. The summed E-state index contributed by atoms with van der Waals surface area (Å²) in [6, 6.07) is 0. The first kappa shape index (κ1) is 17.2. The zero-order valence-electron chi connectivity index (χ0n) is 11.6. The summed E-state index contributed by atoms with van der Waals surface area (Å²) in [5.41, 5.74) is -0.130. The van der Waals surface area contributed by atoms with Gasteiger partial charge in [0, 0.05) is 18.0 Å². The molecule has 0 aromatic heterocycles. The van der Waals surface area contributed by atoms with Gasteiger partial charge in [0.05, 0.1) is 10.5 Å². The van der Waals surface area contributed by atoms with Gasteiger partial charge in [-0.3, -0.25) is 0 Å². The number of sulfone groups is 1. The maximum absolute atomic E-state index is 11.9. The summed E-state index contributed by atoms with van der Waals surface area (Å²) < 4.78 is 23.2. The normalized spacial score (nSPS) is 14.0. The first-order chi connectivity index (χ1) is 7.64.